The molecule has 23 heavy (non-hydrogen) atoms. The largest absolute Gasteiger partial charge is 0.493 e. The molecule has 1 aromatic carbocycles. The van der Waals surface area contributed by atoms with E-state index in [0.717, 1.165) is 11.1 Å². The third kappa shape index (κ3) is 2.21. The van der Waals surface area contributed by atoms with E-state index in [9.17, 15) is 9.90 Å². The van der Waals surface area contributed by atoms with E-state index in [1.807, 2.05) is 13.0 Å². The second kappa shape index (κ2) is 5.35. The quantitative estimate of drug-likeness (QED) is 0.772. The van der Waals surface area contributed by atoms with Gasteiger partial charge in [0.05, 0.1) is 25.5 Å². The Labute approximate surface area is 132 Å². The van der Waals surface area contributed by atoms with Crippen molar-refractivity contribution in [3.8, 4) is 28.5 Å². The van der Waals surface area contributed by atoms with Crippen LogP contribution in [-0.4, -0.2) is 33.9 Å². The highest BCUT2D eigenvalue weighted by Gasteiger charge is 2.18. The van der Waals surface area contributed by atoms with Gasteiger partial charge in [-0.25, -0.2) is 0 Å². The summed E-state index contributed by atoms with van der Waals surface area (Å²) in [5.74, 6) is 1.01. The Morgan fingerprint density at radius 1 is 1.17 bits per heavy atom. The molecule has 3 rings (SSSR count). The molecule has 2 N–H and O–H groups in total. The number of hydrogen-bond acceptors (Lipinski definition) is 5. The Kier molecular flexibility index (Phi) is 3.48. The first kappa shape index (κ1) is 15.0. The van der Waals surface area contributed by atoms with E-state index in [4.69, 9.17) is 9.47 Å². The van der Waals surface area contributed by atoms with E-state index in [2.05, 4.69) is 10.1 Å². The van der Waals surface area contributed by atoms with E-state index in [-0.39, 0.29) is 17.0 Å². The zero-order valence-electron chi connectivity index (χ0n) is 13.3. The molecular formula is C16H17N3O4. The van der Waals surface area contributed by atoms with Gasteiger partial charge >= 0.3 is 0 Å². The maximum Gasteiger partial charge on any atom is 0.257 e. The maximum atomic E-state index is 12.0. The van der Waals surface area contributed by atoms with Crippen molar-refractivity contribution in [3.63, 3.8) is 0 Å². The van der Waals surface area contributed by atoms with Crippen molar-refractivity contribution in [2.75, 3.05) is 14.2 Å². The van der Waals surface area contributed by atoms with Crippen molar-refractivity contribution >= 4 is 5.65 Å². The number of aromatic nitrogens is 3. The zero-order chi connectivity index (χ0) is 16.7. The molecule has 0 bridgehead atoms. The van der Waals surface area contributed by atoms with Crippen molar-refractivity contribution in [2.24, 2.45) is 0 Å². The van der Waals surface area contributed by atoms with Gasteiger partial charge < -0.3 is 19.6 Å². The summed E-state index contributed by atoms with van der Waals surface area (Å²) in [5, 5.41) is 14.5. The minimum absolute atomic E-state index is 0.168. The Morgan fingerprint density at radius 2 is 1.87 bits per heavy atom. The number of H-pyrrole nitrogens is 1. The van der Waals surface area contributed by atoms with Gasteiger partial charge in [-0.2, -0.15) is 9.61 Å². The molecule has 120 valence electrons. The molecule has 0 aliphatic rings. The molecule has 0 atom stereocenters. The number of ether oxygens (including phenoxy) is 2. The number of hydrogen-bond donors (Lipinski definition) is 2. The molecule has 0 amide bonds. The lowest BCUT2D eigenvalue weighted by molar-refractivity contribution is 0.355. The average Bonchev–Trinajstić information content (AvgIpc) is 2.88. The summed E-state index contributed by atoms with van der Waals surface area (Å²) in [6, 6.07) is 5.43. The first-order valence-electron chi connectivity index (χ1n) is 7.01. The van der Waals surface area contributed by atoms with Gasteiger partial charge in [-0.05, 0) is 31.5 Å². The molecule has 0 saturated carbocycles. The third-order valence-corrected chi connectivity index (χ3v) is 3.84. The fourth-order valence-corrected chi connectivity index (χ4v) is 2.59. The van der Waals surface area contributed by atoms with E-state index >= 15 is 0 Å². The van der Waals surface area contributed by atoms with E-state index in [1.165, 1.54) is 4.52 Å². The highest BCUT2D eigenvalue weighted by molar-refractivity contribution is 5.81. The number of aryl methyl sites for hydroxylation is 1. The van der Waals surface area contributed by atoms with Crippen LogP contribution in [0.25, 0.3) is 16.8 Å². The van der Waals surface area contributed by atoms with Gasteiger partial charge in [0.15, 0.2) is 11.5 Å². The van der Waals surface area contributed by atoms with Crippen molar-refractivity contribution in [2.45, 2.75) is 13.8 Å². The lowest BCUT2D eigenvalue weighted by Gasteiger charge is -2.09. The molecule has 0 aliphatic heterocycles. The first-order chi connectivity index (χ1) is 11.0. The Morgan fingerprint density at radius 3 is 2.52 bits per heavy atom. The smallest absolute Gasteiger partial charge is 0.257 e. The fraction of sp³-hybridized carbons (Fsp3) is 0.250. The number of nitrogens with zero attached hydrogens (tertiary/aromatic N) is 2. The predicted octanol–water partition coefficient (Wildman–Crippen LogP) is 2.03. The van der Waals surface area contributed by atoms with Crippen LogP contribution in [0.2, 0.25) is 0 Å². The summed E-state index contributed by atoms with van der Waals surface area (Å²) in [7, 11) is 3.12. The standard InChI is InChI=1S/C16H17N3O4/c1-8-15(20)17-14-13(9(2)18-19(14)16(8)21)10-5-6-11(22-3)12(7-10)23-4/h5-7,21H,1-4H3,(H,17,20). The van der Waals surface area contributed by atoms with Crippen LogP contribution in [0.15, 0.2) is 23.0 Å². The topological polar surface area (TPSA) is 88.9 Å². The van der Waals surface area contributed by atoms with Gasteiger partial charge in [-0.15, -0.1) is 0 Å². The van der Waals surface area contributed by atoms with E-state index in [1.54, 1.807) is 33.3 Å². The monoisotopic (exact) mass is 315 g/mol. The Bertz CT molecular complexity index is 956. The zero-order valence-corrected chi connectivity index (χ0v) is 13.3. The number of fused-ring (bicyclic) bond motifs is 1. The second-order valence-corrected chi connectivity index (χ2v) is 5.19. The molecule has 0 unspecified atom stereocenters. The number of nitrogens with one attached hydrogen (secondary N) is 1. The summed E-state index contributed by atoms with van der Waals surface area (Å²) >= 11 is 0. The van der Waals surface area contributed by atoms with Crippen LogP contribution in [0.4, 0.5) is 0 Å². The van der Waals surface area contributed by atoms with Gasteiger partial charge in [-0.3, -0.25) is 4.79 Å². The van der Waals surface area contributed by atoms with Gasteiger partial charge in [0.1, 0.15) is 5.65 Å². The molecule has 2 heterocycles. The van der Waals surface area contributed by atoms with Crippen LogP contribution in [0.5, 0.6) is 17.4 Å². The van der Waals surface area contributed by atoms with Gasteiger partial charge in [0.2, 0.25) is 5.88 Å². The number of aromatic hydroxyl groups is 1. The van der Waals surface area contributed by atoms with Crippen LogP contribution in [0, 0.1) is 13.8 Å². The molecule has 3 aromatic rings. The molecule has 7 nitrogen and oxygen atoms in total. The molecule has 7 heteroatoms. The number of methoxy groups -OCH3 is 2. The number of benzene rings is 1. The molecular weight excluding hydrogens is 298 g/mol. The maximum absolute atomic E-state index is 12.0. The van der Waals surface area contributed by atoms with Crippen LogP contribution >= 0.6 is 0 Å². The summed E-state index contributed by atoms with van der Waals surface area (Å²) < 4.78 is 11.9. The van der Waals surface area contributed by atoms with Gasteiger partial charge in [0.25, 0.3) is 5.56 Å². The van der Waals surface area contributed by atoms with Gasteiger partial charge in [-0.1, -0.05) is 6.07 Å². The van der Waals surface area contributed by atoms with Gasteiger partial charge in [0, 0.05) is 5.56 Å². The van der Waals surface area contributed by atoms with Crippen molar-refractivity contribution < 1.29 is 14.6 Å². The highest BCUT2D eigenvalue weighted by atomic mass is 16.5. The molecule has 0 aliphatic carbocycles. The summed E-state index contributed by atoms with van der Waals surface area (Å²) in [4.78, 5) is 14.7. The number of rotatable bonds is 3. The SMILES string of the molecule is COc1ccc(-c2c(C)nn3c(O)c(C)c(=O)[nH]c23)cc1OC. The van der Waals surface area contributed by atoms with Crippen LogP contribution in [-0.2, 0) is 0 Å². The highest BCUT2D eigenvalue weighted by Crippen LogP contribution is 2.35. The molecule has 2 aromatic heterocycles. The van der Waals surface area contributed by atoms with E-state index in [0.29, 0.717) is 22.8 Å². The molecule has 0 saturated heterocycles. The predicted molar refractivity (Wildman–Crippen MR) is 85.5 cm³/mol. The number of aromatic amines is 1. The lowest BCUT2D eigenvalue weighted by Crippen LogP contribution is -2.12. The summed E-state index contributed by atoms with van der Waals surface area (Å²) in [6.07, 6.45) is 0. The molecule has 0 radical (unpaired) electrons. The summed E-state index contributed by atoms with van der Waals surface area (Å²) in [6.45, 7) is 3.35. The Balaban J connectivity index is 2.33. The minimum atomic E-state index is -0.350. The molecule has 0 spiro atoms. The van der Waals surface area contributed by atoms with Crippen LogP contribution < -0.4 is 15.0 Å². The minimum Gasteiger partial charge on any atom is -0.493 e. The Hall–Kier alpha value is -2.96. The van der Waals surface area contributed by atoms with Crippen molar-refractivity contribution in [1.29, 1.82) is 0 Å². The first-order valence-corrected chi connectivity index (χ1v) is 7.01. The normalized spacial score (nSPS) is 11.0. The third-order valence-electron chi connectivity index (χ3n) is 3.84. The fourth-order valence-electron chi connectivity index (χ4n) is 2.59. The summed E-state index contributed by atoms with van der Waals surface area (Å²) in [5.41, 5.74) is 2.50. The van der Waals surface area contributed by atoms with Crippen molar-refractivity contribution in [3.05, 3.63) is 39.8 Å². The van der Waals surface area contributed by atoms with Crippen LogP contribution in [0.1, 0.15) is 11.3 Å². The average molecular weight is 315 g/mol. The van der Waals surface area contributed by atoms with Crippen LogP contribution in [0.3, 0.4) is 0 Å². The second-order valence-electron chi connectivity index (χ2n) is 5.19. The van der Waals surface area contributed by atoms with Crippen molar-refractivity contribution in [1.82, 2.24) is 14.6 Å². The lowest BCUT2D eigenvalue weighted by atomic mass is 10.1. The van der Waals surface area contributed by atoms with E-state index < -0.39 is 0 Å². The molecule has 0 fully saturated rings.